The fourth-order valence-electron chi connectivity index (χ4n) is 2.51. The van der Waals surface area contributed by atoms with Crippen molar-refractivity contribution in [1.82, 2.24) is 5.32 Å². The number of methoxy groups -OCH3 is 1. The zero-order chi connectivity index (χ0) is 21.0. The number of hydrogen-bond donors (Lipinski definition) is 1. The van der Waals surface area contributed by atoms with E-state index in [0.29, 0.717) is 37.8 Å². The van der Waals surface area contributed by atoms with Gasteiger partial charge < -0.3 is 14.8 Å². The fourth-order valence-corrected chi connectivity index (χ4v) is 3.97. The number of nitrogens with one attached hydrogen (secondary N) is 1. The van der Waals surface area contributed by atoms with Crippen LogP contribution in [0.2, 0.25) is 5.02 Å². The maximum atomic E-state index is 12.4. The van der Waals surface area contributed by atoms with E-state index in [1.165, 1.54) is 18.9 Å². The summed E-state index contributed by atoms with van der Waals surface area (Å²) in [4.78, 5) is 17.4. The molecule has 1 heterocycles. The summed E-state index contributed by atoms with van der Waals surface area (Å²) in [6, 6.07) is 9.06. The second kappa shape index (κ2) is 9.40. The molecule has 0 unspecified atom stereocenters. The number of carbonyl (C=O) groups is 1. The Morgan fingerprint density at radius 1 is 1.38 bits per heavy atom. The number of amides is 1. The fraction of sp³-hybridized carbons (Fsp3) is 0.143. The van der Waals surface area contributed by atoms with Gasteiger partial charge in [0.1, 0.15) is 6.61 Å². The maximum absolute atomic E-state index is 12.4. The molecular weight excluding hydrogens is 476 g/mol. The molecule has 8 heteroatoms. The second-order valence-electron chi connectivity index (χ2n) is 5.93. The minimum absolute atomic E-state index is 0.0778. The summed E-state index contributed by atoms with van der Waals surface area (Å²) in [7, 11) is 1.54. The molecule has 1 N–H and O–H groups in total. The monoisotopic (exact) mass is 490 g/mol. The number of amidine groups is 1. The van der Waals surface area contributed by atoms with Crippen LogP contribution < -0.4 is 14.8 Å². The van der Waals surface area contributed by atoms with Crippen LogP contribution in [0.3, 0.4) is 0 Å². The molecule has 2 aromatic rings. The van der Waals surface area contributed by atoms with Gasteiger partial charge in [-0.15, -0.1) is 6.42 Å². The molecule has 0 bridgehead atoms. The first-order valence-corrected chi connectivity index (χ1v) is 10.4. The van der Waals surface area contributed by atoms with Crippen molar-refractivity contribution in [1.29, 1.82) is 0 Å². The highest BCUT2D eigenvalue weighted by Gasteiger charge is 2.25. The Hall–Kier alpha value is -2.40. The molecule has 0 atom stereocenters. The molecule has 0 radical (unpaired) electrons. The Bertz CT molecular complexity index is 1080. The van der Waals surface area contributed by atoms with Crippen LogP contribution >= 0.6 is 39.3 Å². The molecule has 1 amide bonds. The van der Waals surface area contributed by atoms with Crippen molar-refractivity contribution >= 4 is 62.1 Å². The molecule has 5 nitrogen and oxygen atoms in total. The molecule has 1 fully saturated rings. The van der Waals surface area contributed by atoms with Crippen LogP contribution in [0, 0.1) is 19.3 Å². The zero-order valence-corrected chi connectivity index (χ0v) is 18.7. The number of halogens is 2. The maximum Gasteiger partial charge on any atom is 0.264 e. The lowest BCUT2D eigenvalue weighted by Crippen LogP contribution is -2.19. The molecule has 1 aliphatic rings. The molecule has 148 valence electrons. The number of hydrogen-bond acceptors (Lipinski definition) is 5. The van der Waals surface area contributed by atoms with E-state index in [1.54, 1.807) is 18.2 Å². The Morgan fingerprint density at radius 3 is 2.86 bits per heavy atom. The largest absolute Gasteiger partial charge is 0.493 e. The van der Waals surface area contributed by atoms with Gasteiger partial charge in [0.05, 0.1) is 17.7 Å². The van der Waals surface area contributed by atoms with Crippen molar-refractivity contribution in [2.75, 3.05) is 13.7 Å². The number of benzene rings is 2. The van der Waals surface area contributed by atoms with Crippen molar-refractivity contribution in [3.05, 3.63) is 55.9 Å². The summed E-state index contributed by atoms with van der Waals surface area (Å²) in [5.41, 5.74) is 2.28. The van der Waals surface area contributed by atoms with Crippen molar-refractivity contribution in [2.24, 2.45) is 4.99 Å². The van der Waals surface area contributed by atoms with Gasteiger partial charge in [0, 0.05) is 15.1 Å². The third-order valence-electron chi connectivity index (χ3n) is 3.89. The average molecular weight is 492 g/mol. The molecular formula is C21H16BrClN2O3S. The van der Waals surface area contributed by atoms with Gasteiger partial charge >= 0.3 is 0 Å². The van der Waals surface area contributed by atoms with Crippen LogP contribution in [-0.2, 0) is 4.79 Å². The van der Waals surface area contributed by atoms with Crippen LogP contribution in [-0.4, -0.2) is 24.8 Å². The van der Waals surface area contributed by atoms with Gasteiger partial charge in [-0.05, 0) is 54.6 Å². The molecule has 29 heavy (non-hydrogen) atoms. The Balaban J connectivity index is 1.94. The minimum Gasteiger partial charge on any atom is -0.493 e. The Labute approximate surface area is 186 Å². The number of aliphatic imine (C=N–C) groups is 1. The summed E-state index contributed by atoms with van der Waals surface area (Å²) in [6.45, 7) is 1.99. The summed E-state index contributed by atoms with van der Waals surface area (Å²) < 4.78 is 11.8. The Kier molecular flexibility index (Phi) is 6.91. The SMILES string of the molecule is C#CCOc1c(/C=C2\SC(=Nc3ccc(C)c(Cl)c3)NC2=O)cc(Br)cc1OC. The van der Waals surface area contributed by atoms with E-state index in [0.717, 1.165) is 10.0 Å². The average Bonchev–Trinajstić information content (AvgIpc) is 3.02. The summed E-state index contributed by atoms with van der Waals surface area (Å²) >= 11 is 10.8. The topological polar surface area (TPSA) is 59.9 Å². The van der Waals surface area contributed by atoms with E-state index in [4.69, 9.17) is 27.5 Å². The van der Waals surface area contributed by atoms with Crippen molar-refractivity contribution < 1.29 is 14.3 Å². The second-order valence-corrected chi connectivity index (χ2v) is 8.29. The molecule has 0 aromatic heterocycles. The highest BCUT2D eigenvalue weighted by molar-refractivity contribution is 9.10. The third-order valence-corrected chi connectivity index (χ3v) is 5.67. The number of carbonyl (C=O) groups excluding carboxylic acids is 1. The summed E-state index contributed by atoms with van der Waals surface area (Å²) in [5.74, 6) is 3.14. The smallest absolute Gasteiger partial charge is 0.264 e. The lowest BCUT2D eigenvalue weighted by molar-refractivity contribution is -0.115. The zero-order valence-electron chi connectivity index (χ0n) is 15.6. The van der Waals surface area contributed by atoms with Crippen LogP contribution in [0.1, 0.15) is 11.1 Å². The van der Waals surface area contributed by atoms with Crippen molar-refractivity contribution in [2.45, 2.75) is 6.92 Å². The number of rotatable bonds is 5. The van der Waals surface area contributed by atoms with E-state index in [9.17, 15) is 4.79 Å². The van der Waals surface area contributed by atoms with Crippen molar-refractivity contribution in [3.63, 3.8) is 0 Å². The minimum atomic E-state index is -0.256. The van der Waals surface area contributed by atoms with E-state index in [1.807, 2.05) is 25.1 Å². The van der Waals surface area contributed by atoms with Gasteiger partial charge in [-0.2, -0.15) is 0 Å². The quantitative estimate of drug-likeness (QED) is 0.454. The number of ether oxygens (including phenoxy) is 2. The van der Waals surface area contributed by atoms with Crippen LogP contribution in [0.15, 0.2) is 44.7 Å². The van der Waals surface area contributed by atoms with Gasteiger partial charge in [0.25, 0.3) is 5.91 Å². The third kappa shape index (κ3) is 5.15. The van der Waals surface area contributed by atoms with Crippen LogP contribution in [0.25, 0.3) is 6.08 Å². The molecule has 2 aromatic carbocycles. The predicted octanol–water partition coefficient (Wildman–Crippen LogP) is 5.32. The van der Waals surface area contributed by atoms with E-state index >= 15 is 0 Å². The van der Waals surface area contributed by atoms with Crippen LogP contribution in [0.4, 0.5) is 5.69 Å². The lowest BCUT2D eigenvalue weighted by atomic mass is 10.1. The standard InChI is InChI=1S/C21H16BrClN2O3S/c1-4-7-28-19-13(8-14(22)10-17(19)27-3)9-18-20(26)25-21(29-18)24-15-6-5-12(2)16(23)11-15/h1,5-6,8-11H,7H2,2-3H3,(H,24,25,26)/b18-9-. The molecule has 0 saturated carbocycles. The first-order valence-electron chi connectivity index (χ1n) is 8.41. The number of nitrogens with zero attached hydrogens (tertiary/aromatic N) is 1. The highest BCUT2D eigenvalue weighted by Crippen LogP contribution is 2.38. The van der Waals surface area contributed by atoms with E-state index in [-0.39, 0.29) is 12.5 Å². The Morgan fingerprint density at radius 2 is 2.17 bits per heavy atom. The lowest BCUT2D eigenvalue weighted by Gasteiger charge is -2.12. The predicted molar refractivity (Wildman–Crippen MR) is 122 cm³/mol. The number of aryl methyl sites for hydroxylation is 1. The van der Waals surface area contributed by atoms with Gasteiger partial charge in [-0.3, -0.25) is 4.79 Å². The molecule has 1 saturated heterocycles. The normalized spacial score (nSPS) is 16.0. The van der Waals surface area contributed by atoms with Gasteiger partial charge in [0.2, 0.25) is 0 Å². The number of terminal acetylenes is 1. The van der Waals surface area contributed by atoms with Gasteiger partial charge in [-0.1, -0.05) is 39.5 Å². The summed E-state index contributed by atoms with van der Waals surface area (Å²) in [5, 5.41) is 3.84. The van der Waals surface area contributed by atoms with Gasteiger partial charge in [-0.25, -0.2) is 4.99 Å². The molecule has 3 rings (SSSR count). The van der Waals surface area contributed by atoms with Crippen molar-refractivity contribution in [3.8, 4) is 23.8 Å². The summed E-state index contributed by atoms with van der Waals surface area (Å²) in [6.07, 6.45) is 7.02. The number of thioether (sulfide) groups is 1. The first kappa shape index (κ1) is 21.3. The first-order chi connectivity index (χ1) is 13.9. The van der Waals surface area contributed by atoms with E-state index < -0.39 is 0 Å². The van der Waals surface area contributed by atoms with E-state index in [2.05, 4.69) is 32.2 Å². The highest BCUT2D eigenvalue weighted by atomic mass is 79.9. The molecule has 1 aliphatic heterocycles. The van der Waals surface area contributed by atoms with Crippen LogP contribution in [0.5, 0.6) is 11.5 Å². The molecule has 0 spiro atoms. The molecule has 0 aliphatic carbocycles. The van der Waals surface area contributed by atoms with Gasteiger partial charge in [0.15, 0.2) is 16.7 Å².